The summed E-state index contributed by atoms with van der Waals surface area (Å²) in [7, 11) is 0. The number of nitrogens with two attached hydrogens (primary N) is 1. The number of thiocarbonyl (C=S) groups is 1. The summed E-state index contributed by atoms with van der Waals surface area (Å²) in [5.41, 5.74) is 5.25. The largest absolute Gasteiger partial charge is 0.376 e. The Balaban J connectivity index is 2.07. The van der Waals surface area contributed by atoms with Crippen molar-refractivity contribution >= 4 is 17.3 Å². The van der Waals surface area contributed by atoms with E-state index in [2.05, 4.69) is 22.5 Å². The third-order valence-electron chi connectivity index (χ3n) is 1.45. The molecule has 1 aromatic heterocycles. The average molecular weight is 184 g/mol. The van der Waals surface area contributed by atoms with Gasteiger partial charge in [-0.25, -0.2) is 4.98 Å². The first-order valence-electron chi connectivity index (χ1n) is 3.78. The third-order valence-corrected chi connectivity index (χ3v) is 1.60. The molecule has 5 heteroatoms. The second kappa shape index (κ2) is 4.71. The summed E-state index contributed by atoms with van der Waals surface area (Å²) in [5, 5.41) is 3.25. The lowest BCUT2D eigenvalue weighted by atomic mass is 10.4. The van der Waals surface area contributed by atoms with E-state index in [1.165, 1.54) is 0 Å². The minimum Gasteiger partial charge on any atom is -0.376 e. The van der Waals surface area contributed by atoms with Gasteiger partial charge in [-0.3, -0.25) is 0 Å². The first kappa shape index (κ1) is 8.99. The highest BCUT2D eigenvalue weighted by molar-refractivity contribution is 7.80. The third kappa shape index (κ3) is 3.34. The molecular formula is C7H12N4S. The van der Waals surface area contributed by atoms with Crippen LogP contribution in [0.4, 0.5) is 0 Å². The fraction of sp³-hybridized carbons (Fsp3) is 0.429. The number of nitrogens with one attached hydrogen (secondary N) is 1. The van der Waals surface area contributed by atoms with Crippen LogP contribution in [0.25, 0.3) is 0 Å². The first-order chi connectivity index (χ1) is 5.79. The Morgan fingerprint density at radius 1 is 1.67 bits per heavy atom. The molecule has 0 aliphatic rings. The quantitative estimate of drug-likeness (QED) is 0.515. The summed E-state index contributed by atoms with van der Waals surface area (Å²) in [6.07, 6.45) is 6.48. The van der Waals surface area contributed by atoms with Crippen LogP contribution in [0.1, 0.15) is 6.42 Å². The maximum atomic E-state index is 5.25. The monoisotopic (exact) mass is 184 g/mol. The summed E-state index contributed by atoms with van der Waals surface area (Å²) in [6.45, 7) is 1.75. The fourth-order valence-corrected chi connectivity index (χ4v) is 0.994. The van der Waals surface area contributed by atoms with E-state index in [9.17, 15) is 0 Å². The summed E-state index contributed by atoms with van der Waals surface area (Å²) in [4.78, 5) is 3.93. The van der Waals surface area contributed by atoms with Crippen LogP contribution in [0, 0.1) is 0 Å². The number of aryl methyl sites for hydroxylation is 1. The van der Waals surface area contributed by atoms with Gasteiger partial charge in [0.05, 0.1) is 6.33 Å². The maximum absolute atomic E-state index is 5.25. The van der Waals surface area contributed by atoms with Crippen molar-refractivity contribution in [2.24, 2.45) is 5.73 Å². The van der Waals surface area contributed by atoms with Crippen LogP contribution >= 0.6 is 12.2 Å². The molecule has 0 atom stereocenters. The summed E-state index contributed by atoms with van der Waals surface area (Å²) in [6, 6.07) is 0. The Labute approximate surface area is 76.8 Å². The molecule has 0 aliphatic heterocycles. The number of hydrogen-bond donors (Lipinski definition) is 2. The van der Waals surface area contributed by atoms with Crippen LogP contribution in [0.3, 0.4) is 0 Å². The lowest BCUT2D eigenvalue weighted by Gasteiger charge is -2.03. The highest BCUT2D eigenvalue weighted by Crippen LogP contribution is 1.88. The van der Waals surface area contributed by atoms with E-state index in [4.69, 9.17) is 5.73 Å². The Morgan fingerprint density at radius 3 is 3.08 bits per heavy atom. The van der Waals surface area contributed by atoms with Gasteiger partial charge in [-0.15, -0.1) is 0 Å². The number of aromatic nitrogens is 2. The maximum Gasteiger partial charge on any atom is 0.163 e. The molecule has 3 N–H and O–H groups in total. The molecule has 0 radical (unpaired) electrons. The highest BCUT2D eigenvalue weighted by Gasteiger charge is 1.90. The molecule has 1 aromatic rings. The Bertz CT molecular complexity index is 232. The van der Waals surface area contributed by atoms with E-state index < -0.39 is 0 Å². The van der Waals surface area contributed by atoms with Crippen molar-refractivity contribution in [1.29, 1.82) is 0 Å². The Hall–Kier alpha value is -1.10. The van der Waals surface area contributed by atoms with Gasteiger partial charge in [-0.1, -0.05) is 0 Å². The highest BCUT2D eigenvalue weighted by atomic mass is 32.1. The van der Waals surface area contributed by atoms with Gasteiger partial charge in [0.15, 0.2) is 5.11 Å². The zero-order valence-electron chi connectivity index (χ0n) is 6.73. The molecule has 0 saturated heterocycles. The SMILES string of the molecule is NC(=S)NCCCn1ccnc1. The van der Waals surface area contributed by atoms with Gasteiger partial charge in [0.2, 0.25) is 0 Å². The van der Waals surface area contributed by atoms with Crippen LogP contribution in [0.2, 0.25) is 0 Å². The van der Waals surface area contributed by atoms with Crippen LogP contribution in [0.15, 0.2) is 18.7 Å². The van der Waals surface area contributed by atoms with Crippen LogP contribution in [-0.2, 0) is 6.54 Å². The standard InChI is InChI=1S/C7H12N4S/c8-7(12)10-2-1-4-11-5-3-9-6-11/h3,5-6H,1-2,4H2,(H3,8,10,12). The molecule has 0 bridgehead atoms. The molecule has 0 unspecified atom stereocenters. The van der Waals surface area contributed by atoms with Crippen LogP contribution in [0.5, 0.6) is 0 Å². The van der Waals surface area contributed by atoms with Gasteiger partial charge in [0, 0.05) is 25.5 Å². The van der Waals surface area contributed by atoms with Crippen molar-refractivity contribution in [1.82, 2.24) is 14.9 Å². The smallest absolute Gasteiger partial charge is 0.163 e. The van der Waals surface area contributed by atoms with Gasteiger partial charge in [0.25, 0.3) is 0 Å². The summed E-state index contributed by atoms with van der Waals surface area (Å²) in [5.74, 6) is 0. The topological polar surface area (TPSA) is 55.9 Å². The lowest BCUT2D eigenvalue weighted by molar-refractivity contribution is 0.631. The van der Waals surface area contributed by atoms with Crippen LogP contribution < -0.4 is 11.1 Å². The van der Waals surface area contributed by atoms with E-state index >= 15 is 0 Å². The number of rotatable bonds is 4. The molecule has 0 spiro atoms. The molecule has 66 valence electrons. The number of nitrogens with zero attached hydrogens (tertiary/aromatic N) is 2. The molecule has 1 rings (SSSR count). The molecule has 0 fully saturated rings. The second-order valence-electron chi connectivity index (χ2n) is 2.45. The number of imidazole rings is 1. The van der Waals surface area contributed by atoms with Crippen molar-refractivity contribution in [2.45, 2.75) is 13.0 Å². The fourth-order valence-electron chi connectivity index (χ4n) is 0.892. The average Bonchev–Trinajstić information content (AvgIpc) is 2.49. The van der Waals surface area contributed by atoms with Crippen molar-refractivity contribution < 1.29 is 0 Å². The van der Waals surface area contributed by atoms with Crippen molar-refractivity contribution in [3.8, 4) is 0 Å². The van der Waals surface area contributed by atoms with E-state index in [-0.39, 0.29) is 0 Å². The van der Waals surface area contributed by atoms with Crippen LogP contribution in [-0.4, -0.2) is 21.2 Å². The van der Waals surface area contributed by atoms with Gasteiger partial charge < -0.3 is 15.6 Å². The predicted molar refractivity (Wildman–Crippen MR) is 51.6 cm³/mol. The summed E-state index contributed by atoms with van der Waals surface area (Å²) >= 11 is 4.66. The second-order valence-corrected chi connectivity index (χ2v) is 2.88. The molecule has 4 nitrogen and oxygen atoms in total. The minimum atomic E-state index is 0.362. The predicted octanol–water partition coefficient (Wildman–Crippen LogP) is 0.106. The number of hydrogen-bond acceptors (Lipinski definition) is 2. The van der Waals surface area contributed by atoms with E-state index in [0.717, 1.165) is 19.5 Å². The molecule has 12 heavy (non-hydrogen) atoms. The van der Waals surface area contributed by atoms with Gasteiger partial charge in [-0.2, -0.15) is 0 Å². The molecular weight excluding hydrogens is 172 g/mol. The van der Waals surface area contributed by atoms with Gasteiger partial charge in [0.1, 0.15) is 0 Å². The first-order valence-corrected chi connectivity index (χ1v) is 4.19. The molecule has 0 aromatic carbocycles. The minimum absolute atomic E-state index is 0.362. The van der Waals surface area contributed by atoms with Crippen molar-refractivity contribution in [3.63, 3.8) is 0 Å². The van der Waals surface area contributed by atoms with E-state index in [1.807, 2.05) is 10.8 Å². The van der Waals surface area contributed by atoms with Gasteiger partial charge >= 0.3 is 0 Å². The molecule has 0 saturated carbocycles. The molecule has 1 heterocycles. The molecule has 0 aliphatic carbocycles. The normalized spacial score (nSPS) is 9.67. The zero-order chi connectivity index (χ0) is 8.81. The van der Waals surface area contributed by atoms with E-state index in [0.29, 0.717) is 5.11 Å². The van der Waals surface area contributed by atoms with Crippen molar-refractivity contribution in [2.75, 3.05) is 6.54 Å². The Morgan fingerprint density at radius 2 is 2.50 bits per heavy atom. The summed E-state index contributed by atoms with van der Waals surface area (Å²) < 4.78 is 2.02. The molecule has 0 amide bonds. The lowest BCUT2D eigenvalue weighted by Crippen LogP contribution is -2.30. The van der Waals surface area contributed by atoms with Crippen molar-refractivity contribution in [3.05, 3.63) is 18.7 Å². The zero-order valence-corrected chi connectivity index (χ0v) is 7.55. The van der Waals surface area contributed by atoms with Gasteiger partial charge in [-0.05, 0) is 18.6 Å². The van der Waals surface area contributed by atoms with E-state index in [1.54, 1.807) is 12.5 Å². The Kier molecular flexibility index (Phi) is 3.53.